The molecule has 0 spiro atoms. The fraction of sp³-hybridized carbons (Fsp3) is 0.333. The number of nitrogens with one attached hydrogen (secondary N) is 2. The van der Waals surface area contributed by atoms with Crippen molar-refractivity contribution in [2.24, 2.45) is 11.5 Å². The minimum atomic E-state index is -1.02. The minimum absolute atomic E-state index is 0.116. The summed E-state index contributed by atoms with van der Waals surface area (Å²) in [7, 11) is 0. The summed E-state index contributed by atoms with van der Waals surface area (Å²) in [6.45, 7) is 0.369. The lowest BCUT2D eigenvalue weighted by Crippen LogP contribution is -2.57. The minimum Gasteiger partial charge on any atom is -0.508 e. The second-order valence-electron chi connectivity index (χ2n) is 10.9. The molecule has 10 nitrogen and oxygen atoms in total. The number of benzene rings is 3. The summed E-state index contributed by atoms with van der Waals surface area (Å²) < 4.78 is 0. The summed E-state index contributed by atoms with van der Waals surface area (Å²) in [5.41, 5.74) is 14.9. The molecule has 226 valence electrons. The van der Waals surface area contributed by atoms with E-state index in [4.69, 9.17) is 11.5 Å². The first kappa shape index (κ1) is 31.4. The number of hydrogen-bond donors (Lipinski definition) is 5. The maximum absolute atomic E-state index is 13.5. The molecule has 1 aliphatic heterocycles. The average molecular weight is 586 g/mol. The fourth-order valence-electron chi connectivity index (χ4n) is 5.24. The van der Waals surface area contributed by atoms with Crippen LogP contribution < -0.4 is 22.1 Å². The number of likely N-dealkylation sites (tertiary alicyclic amines) is 1. The summed E-state index contributed by atoms with van der Waals surface area (Å²) in [4.78, 5) is 54.4. The standard InChI is InChI=1S/C33H39N5O5/c34-26(20-23-10-5-2-6-11-23)30(40)37-31(41)28(18-15-22-8-3-1-4-9-22)36-32(42)29-12-7-19-38(29)33(43)27(35)21-24-13-16-25(39)17-14-24/h1-6,8-11,13-14,16-17,26-29,39H,7,12,15,18-21,34-35H2,(H,36,42)(H,37,40,41)/t26-,27-,28?,29-/m0/s1. The molecule has 1 heterocycles. The van der Waals surface area contributed by atoms with Crippen molar-refractivity contribution in [3.05, 3.63) is 102 Å². The van der Waals surface area contributed by atoms with Crippen LogP contribution in [0.15, 0.2) is 84.9 Å². The molecule has 4 rings (SSSR count). The molecule has 0 bridgehead atoms. The van der Waals surface area contributed by atoms with Gasteiger partial charge in [-0.05, 0) is 67.3 Å². The smallest absolute Gasteiger partial charge is 0.249 e. The molecule has 1 aliphatic rings. The summed E-state index contributed by atoms with van der Waals surface area (Å²) in [5, 5.41) is 14.7. The van der Waals surface area contributed by atoms with Crippen LogP contribution in [0.4, 0.5) is 0 Å². The first-order chi connectivity index (χ1) is 20.7. The van der Waals surface area contributed by atoms with Crippen molar-refractivity contribution < 1.29 is 24.3 Å². The quantitative estimate of drug-likeness (QED) is 0.215. The van der Waals surface area contributed by atoms with Crippen LogP contribution in [-0.4, -0.2) is 64.3 Å². The fourth-order valence-corrected chi connectivity index (χ4v) is 5.24. The monoisotopic (exact) mass is 585 g/mol. The zero-order chi connectivity index (χ0) is 30.8. The highest BCUT2D eigenvalue weighted by molar-refractivity contribution is 6.01. The molecule has 1 fully saturated rings. The average Bonchev–Trinajstić information content (AvgIpc) is 3.51. The van der Waals surface area contributed by atoms with Crippen molar-refractivity contribution in [2.75, 3.05) is 6.54 Å². The summed E-state index contributed by atoms with van der Waals surface area (Å²) >= 11 is 0. The van der Waals surface area contributed by atoms with E-state index < -0.39 is 41.9 Å². The van der Waals surface area contributed by atoms with Gasteiger partial charge in [0.15, 0.2) is 0 Å². The highest BCUT2D eigenvalue weighted by Crippen LogP contribution is 2.20. The number of aromatic hydroxyl groups is 1. The molecule has 0 radical (unpaired) electrons. The van der Waals surface area contributed by atoms with Crippen LogP contribution >= 0.6 is 0 Å². The third-order valence-corrected chi connectivity index (χ3v) is 7.63. The van der Waals surface area contributed by atoms with Crippen molar-refractivity contribution in [1.82, 2.24) is 15.5 Å². The second kappa shape index (κ2) is 15.1. The Morgan fingerprint density at radius 2 is 1.37 bits per heavy atom. The van der Waals surface area contributed by atoms with Crippen molar-refractivity contribution in [3.8, 4) is 5.75 Å². The molecule has 43 heavy (non-hydrogen) atoms. The number of carbonyl (C=O) groups excluding carboxylic acids is 4. The van der Waals surface area contributed by atoms with E-state index in [1.807, 2.05) is 60.7 Å². The first-order valence-electron chi connectivity index (χ1n) is 14.5. The van der Waals surface area contributed by atoms with E-state index in [2.05, 4.69) is 10.6 Å². The van der Waals surface area contributed by atoms with E-state index in [0.717, 1.165) is 16.7 Å². The molecule has 10 heteroatoms. The van der Waals surface area contributed by atoms with Gasteiger partial charge in [0.2, 0.25) is 23.6 Å². The van der Waals surface area contributed by atoms with Crippen molar-refractivity contribution in [1.29, 1.82) is 0 Å². The highest BCUT2D eigenvalue weighted by atomic mass is 16.3. The van der Waals surface area contributed by atoms with Crippen LogP contribution in [0.1, 0.15) is 36.0 Å². The Kier molecular flexibility index (Phi) is 11.0. The molecule has 0 aromatic heterocycles. The van der Waals surface area contributed by atoms with Crippen molar-refractivity contribution in [3.63, 3.8) is 0 Å². The van der Waals surface area contributed by atoms with Crippen molar-refractivity contribution in [2.45, 2.75) is 62.7 Å². The van der Waals surface area contributed by atoms with Gasteiger partial charge in [-0.2, -0.15) is 0 Å². The first-order valence-corrected chi connectivity index (χ1v) is 14.5. The normalized spacial score (nSPS) is 16.6. The van der Waals surface area contributed by atoms with Crippen LogP contribution in [0.2, 0.25) is 0 Å². The number of carbonyl (C=O) groups is 4. The Morgan fingerprint density at radius 3 is 2.02 bits per heavy atom. The molecule has 4 atom stereocenters. The third kappa shape index (κ3) is 8.97. The Hall–Kier alpha value is -4.54. The van der Waals surface area contributed by atoms with Gasteiger partial charge in [-0.25, -0.2) is 0 Å². The van der Waals surface area contributed by atoms with E-state index in [9.17, 15) is 24.3 Å². The van der Waals surface area contributed by atoms with Crippen LogP contribution in [-0.2, 0) is 38.4 Å². The van der Waals surface area contributed by atoms with Crippen LogP contribution in [0.5, 0.6) is 5.75 Å². The Balaban J connectivity index is 1.41. The topological polar surface area (TPSA) is 168 Å². The van der Waals surface area contributed by atoms with E-state index in [1.165, 1.54) is 17.0 Å². The van der Waals surface area contributed by atoms with Gasteiger partial charge in [0.05, 0.1) is 12.1 Å². The van der Waals surface area contributed by atoms with Gasteiger partial charge in [-0.15, -0.1) is 0 Å². The largest absolute Gasteiger partial charge is 0.508 e. The van der Waals surface area contributed by atoms with E-state index in [-0.39, 0.29) is 30.9 Å². The number of nitrogens with two attached hydrogens (primary N) is 2. The molecule has 0 saturated carbocycles. The zero-order valence-electron chi connectivity index (χ0n) is 24.0. The SMILES string of the molecule is N[C@@H](Cc1ccccc1)C(=O)NC(=O)C(CCc1ccccc1)NC(=O)[C@@H]1CCCN1C(=O)[C@@H](N)Cc1ccc(O)cc1. The Labute approximate surface area is 251 Å². The van der Waals surface area contributed by atoms with Gasteiger partial charge in [-0.1, -0.05) is 72.8 Å². The van der Waals surface area contributed by atoms with E-state index >= 15 is 0 Å². The number of imide groups is 1. The Morgan fingerprint density at radius 1 is 0.791 bits per heavy atom. The summed E-state index contributed by atoms with van der Waals surface area (Å²) in [6, 6.07) is 21.6. The van der Waals surface area contributed by atoms with Gasteiger partial charge >= 0.3 is 0 Å². The number of rotatable bonds is 12. The van der Waals surface area contributed by atoms with Gasteiger partial charge < -0.3 is 26.8 Å². The molecule has 7 N–H and O–H groups in total. The van der Waals surface area contributed by atoms with Gasteiger partial charge in [-0.3, -0.25) is 24.5 Å². The predicted molar refractivity (Wildman–Crippen MR) is 162 cm³/mol. The zero-order valence-corrected chi connectivity index (χ0v) is 24.0. The van der Waals surface area contributed by atoms with Crippen LogP contribution in [0, 0.1) is 0 Å². The second-order valence-corrected chi connectivity index (χ2v) is 10.9. The summed E-state index contributed by atoms with van der Waals surface area (Å²) in [5.74, 6) is -2.01. The van der Waals surface area contributed by atoms with E-state index in [0.29, 0.717) is 25.8 Å². The maximum atomic E-state index is 13.5. The third-order valence-electron chi connectivity index (χ3n) is 7.63. The summed E-state index contributed by atoms with van der Waals surface area (Å²) in [6.07, 6.45) is 2.26. The number of amides is 4. The van der Waals surface area contributed by atoms with Crippen LogP contribution in [0.3, 0.4) is 0 Å². The molecule has 1 saturated heterocycles. The Bertz CT molecular complexity index is 1380. The maximum Gasteiger partial charge on any atom is 0.249 e. The molecular formula is C33H39N5O5. The number of nitrogens with zero attached hydrogens (tertiary/aromatic N) is 1. The lowest BCUT2D eigenvalue weighted by Gasteiger charge is -2.28. The van der Waals surface area contributed by atoms with E-state index in [1.54, 1.807) is 12.1 Å². The number of phenolic OH excluding ortho intramolecular Hbond substituents is 1. The highest BCUT2D eigenvalue weighted by Gasteiger charge is 2.37. The molecule has 0 aliphatic carbocycles. The molecule has 3 aromatic rings. The predicted octanol–water partition coefficient (Wildman–Crippen LogP) is 1.58. The number of phenols is 1. The molecular weight excluding hydrogens is 546 g/mol. The molecule has 3 aromatic carbocycles. The lowest BCUT2D eigenvalue weighted by molar-refractivity contribution is -0.140. The van der Waals surface area contributed by atoms with Gasteiger partial charge in [0.25, 0.3) is 0 Å². The molecule has 1 unspecified atom stereocenters. The molecule has 4 amide bonds. The number of hydrogen-bond acceptors (Lipinski definition) is 7. The van der Waals surface area contributed by atoms with Crippen molar-refractivity contribution >= 4 is 23.6 Å². The van der Waals surface area contributed by atoms with Gasteiger partial charge in [0, 0.05) is 6.54 Å². The van der Waals surface area contributed by atoms with Gasteiger partial charge in [0.1, 0.15) is 17.8 Å². The van der Waals surface area contributed by atoms with Crippen LogP contribution in [0.25, 0.3) is 0 Å². The number of aryl methyl sites for hydroxylation is 1. The lowest BCUT2D eigenvalue weighted by atomic mass is 10.0.